The highest BCUT2D eigenvalue weighted by atomic mass is 32.2. The van der Waals surface area contributed by atoms with Crippen LogP contribution in [0.15, 0.2) is 53.4 Å². The third-order valence-electron chi connectivity index (χ3n) is 5.24. The fourth-order valence-electron chi connectivity index (χ4n) is 3.11. The van der Waals surface area contributed by atoms with Gasteiger partial charge in [0.25, 0.3) is 0 Å². The summed E-state index contributed by atoms with van der Waals surface area (Å²) in [7, 11) is 0. The first-order chi connectivity index (χ1) is 14.3. The number of aryl methyl sites for hydroxylation is 2. The molecule has 0 saturated carbocycles. The predicted octanol–water partition coefficient (Wildman–Crippen LogP) is 5.12. The Balaban J connectivity index is 2.19. The molecule has 5 heteroatoms. The summed E-state index contributed by atoms with van der Waals surface area (Å²) in [6.07, 6.45) is 1.44. The average molecular weight is 427 g/mol. The summed E-state index contributed by atoms with van der Waals surface area (Å²) in [6.45, 7) is 10.5. The number of hydrogen-bond donors (Lipinski definition) is 1. The molecule has 2 aromatic rings. The molecule has 2 atom stereocenters. The molecule has 0 fully saturated rings. The van der Waals surface area contributed by atoms with Crippen LogP contribution in [0, 0.1) is 13.8 Å². The van der Waals surface area contributed by atoms with Crippen molar-refractivity contribution in [2.45, 2.75) is 71.0 Å². The standard InChI is InChI=1S/C25H34N2O2S/c1-6-20(5)26-25(29)23(7-2)27(16-21-12-8-18(3)9-13-21)24(28)17-30-22-14-10-19(4)11-15-22/h8-15,20,23H,6-7,16-17H2,1-5H3,(H,26,29)/t20-,23-/m0/s1. The topological polar surface area (TPSA) is 49.4 Å². The van der Waals surface area contributed by atoms with Gasteiger partial charge in [-0.25, -0.2) is 0 Å². The molecule has 0 bridgehead atoms. The summed E-state index contributed by atoms with van der Waals surface area (Å²) in [6, 6.07) is 15.9. The highest BCUT2D eigenvalue weighted by Gasteiger charge is 2.29. The van der Waals surface area contributed by atoms with Crippen molar-refractivity contribution >= 4 is 23.6 Å². The van der Waals surface area contributed by atoms with Gasteiger partial charge in [-0.05, 0) is 51.3 Å². The zero-order valence-corrected chi connectivity index (χ0v) is 19.6. The third-order valence-corrected chi connectivity index (χ3v) is 6.24. The van der Waals surface area contributed by atoms with E-state index >= 15 is 0 Å². The highest BCUT2D eigenvalue weighted by Crippen LogP contribution is 2.21. The van der Waals surface area contributed by atoms with Gasteiger partial charge in [-0.1, -0.05) is 61.4 Å². The van der Waals surface area contributed by atoms with Crippen LogP contribution >= 0.6 is 11.8 Å². The van der Waals surface area contributed by atoms with E-state index in [0.29, 0.717) is 18.7 Å². The number of carbonyl (C=O) groups is 2. The second-order valence-electron chi connectivity index (χ2n) is 7.85. The van der Waals surface area contributed by atoms with Crippen LogP contribution in [0.25, 0.3) is 0 Å². The van der Waals surface area contributed by atoms with Crippen LogP contribution in [0.1, 0.15) is 50.3 Å². The van der Waals surface area contributed by atoms with E-state index in [0.717, 1.165) is 16.9 Å². The summed E-state index contributed by atoms with van der Waals surface area (Å²) in [4.78, 5) is 29.0. The molecule has 0 aromatic heterocycles. The monoisotopic (exact) mass is 426 g/mol. The van der Waals surface area contributed by atoms with E-state index in [1.54, 1.807) is 4.90 Å². The molecule has 1 N–H and O–H groups in total. The molecule has 0 heterocycles. The van der Waals surface area contributed by atoms with Gasteiger partial charge in [-0.3, -0.25) is 9.59 Å². The first-order valence-electron chi connectivity index (χ1n) is 10.7. The van der Waals surface area contributed by atoms with Crippen molar-refractivity contribution in [2.24, 2.45) is 0 Å². The van der Waals surface area contributed by atoms with Crippen molar-refractivity contribution in [3.63, 3.8) is 0 Å². The number of amides is 2. The molecule has 2 rings (SSSR count). The van der Waals surface area contributed by atoms with Crippen molar-refractivity contribution < 1.29 is 9.59 Å². The maximum Gasteiger partial charge on any atom is 0.243 e. The largest absolute Gasteiger partial charge is 0.352 e. The Kier molecular flexibility index (Phi) is 9.44. The summed E-state index contributed by atoms with van der Waals surface area (Å²) >= 11 is 1.51. The van der Waals surface area contributed by atoms with E-state index in [1.807, 2.05) is 83.1 Å². The number of thioether (sulfide) groups is 1. The van der Waals surface area contributed by atoms with Gasteiger partial charge >= 0.3 is 0 Å². The zero-order chi connectivity index (χ0) is 22.1. The van der Waals surface area contributed by atoms with Crippen LogP contribution in [-0.2, 0) is 16.1 Å². The lowest BCUT2D eigenvalue weighted by atomic mass is 10.1. The van der Waals surface area contributed by atoms with Crippen molar-refractivity contribution in [1.29, 1.82) is 0 Å². The molecule has 0 unspecified atom stereocenters. The van der Waals surface area contributed by atoms with E-state index in [9.17, 15) is 9.59 Å². The van der Waals surface area contributed by atoms with E-state index in [2.05, 4.69) is 5.32 Å². The maximum atomic E-state index is 13.2. The third kappa shape index (κ3) is 7.21. The second kappa shape index (κ2) is 11.8. The van der Waals surface area contributed by atoms with Gasteiger partial charge in [0.15, 0.2) is 0 Å². The number of hydrogen-bond acceptors (Lipinski definition) is 3. The van der Waals surface area contributed by atoms with E-state index in [1.165, 1.54) is 22.9 Å². The first-order valence-corrected chi connectivity index (χ1v) is 11.7. The Morgan fingerprint density at radius 3 is 2.03 bits per heavy atom. The fraction of sp³-hybridized carbons (Fsp3) is 0.440. The summed E-state index contributed by atoms with van der Waals surface area (Å²) in [5.74, 6) is 0.210. The fourth-order valence-corrected chi connectivity index (χ4v) is 3.90. The predicted molar refractivity (Wildman–Crippen MR) is 126 cm³/mol. The van der Waals surface area contributed by atoms with Crippen LogP contribution in [0.4, 0.5) is 0 Å². The molecule has 0 aliphatic rings. The zero-order valence-electron chi connectivity index (χ0n) is 18.8. The van der Waals surface area contributed by atoms with Crippen molar-refractivity contribution in [3.8, 4) is 0 Å². The lowest BCUT2D eigenvalue weighted by Gasteiger charge is -2.31. The SMILES string of the molecule is CC[C@H](C)NC(=O)[C@H](CC)N(Cc1ccc(C)cc1)C(=O)CSc1ccc(C)cc1. The smallest absolute Gasteiger partial charge is 0.243 e. The van der Waals surface area contributed by atoms with Crippen LogP contribution in [0.2, 0.25) is 0 Å². The summed E-state index contributed by atoms with van der Waals surface area (Å²) in [5, 5.41) is 3.05. The van der Waals surface area contributed by atoms with Gasteiger partial charge in [0, 0.05) is 17.5 Å². The number of rotatable bonds is 10. The highest BCUT2D eigenvalue weighted by molar-refractivity contribution is 8.00. The minimum Gasteiger partial charge on any atom is -0.352 e. The van der Waals surface area contributed by atoms with Gasteiger partial charge in [-0.15, -0.1) is 11.8 Å². The molecular weight excluding hydrogens is 392 g/mol. The molecule has 4 nitrogen and oxygen atoms in total. The molecule has 0 radical (unpaired) electrons. The molecule has 0 aliphatic heterocycles. The maximum absolute atomic E-state index is 13.2. The number of benzene rings is 2. The van der Waals surface area contributed by atoms with Crippen LogP contribution < -0.4 is 5.32 Å². The molecule has 162 valence electrons. The van der Waals surface area contributed by atoms with Crippen molar-refractivity contribution in [1.82, 2.24) is 10.2 Å². The Labute approximate surface area is 185 Å². The summed E-state index contributed by atoms with van der Waals surface area (Å²) < 4.78 is 0. The molecule has 0 spiro atoms. The van der Waals surface area contributed by atoms with Gasteiger partial charge in [0.2, 0.25) is 11.8 Å². The average Bonchev–Trinajstić information content (AvgIpc) is 2.74. The Bertz CT molecular complexity index is 818. The Morgan fingerprint density at radius 1 is 0.933 bits per heavy atom. The normalized spacial score (nSPS) is 12.8. The number of nitrogens with zero attached hydrogens (tertiary/aromatic N) is 1. The Hall–Kier alpha value is -2.27. The van der Waals surface area contributed by atoms with E-state index in [4.69, 9.17) is 0 Å². The lowest BCUT2D eigenvalue weighted by Crippen LogP contribution is -2.51. The minimum absolute atomic E-state index is 0.0210. The van der Waals surface area contributed by atoms with Crippen LogP contribution in [0.5, 0.6) is 0 Å². The second-order valence-corrected chi connectivity index (χ2v) is 8.90. The van der Waals surface area contributed by atoms with Gasteiger partial charge in [-0.2, -0.15) is 0 Å². The van der Waals surface area contributed by atoms with Crippen LogP contribution in [0.3, 0.4) is 0 Å². The van der Waals surface area contributed by atoms with Gasteiger partial charge < -0.3 is 10.2 Å². The quantitative estimate of drug-likeness (QED) is 0.537. The molecular formula is C25H34N2O2S. The number of carbonyl (C=O) groups excluding carboxylic acids is 2. The van der Waals surface area contributed by atoms with Gasteiger partial charge in [0.1, 0.15) is 6.04 Å². The number of nitrogens with one attached hydrogen (secondary N) is 1. The summed E-state index contributed by atoms with van der Waals surface area (Å²) in [5.41, 5.74) is 3.40. The van der Waals surface area contributed by atoms with Crippen molar-refractivity contribution in [2.75, 3.05) is 5.75 Å². The minimum atomic E-state index is -0.480. The van der Waals surface area contributed by atoms with Crippen molar-refractivity contribution in [3.05, 3.63) is 65.2 Å². The van der Waals surface area contributed by atoms with Crippen LogP contribution in [-0.4, -0.2) is 34.6 Å². The molecule has 0 saturated heterocycles. The van der Waals surface area contributed by atoms with Gasteiger partial charge in [0.05, 0.1) is 5.75 Å². The molecule has 0 aliphatic carbocycles. The van der Waals surface area contributed by atoms with E-state index < -0.39 is 6.04 Å². The lowest BCUT2D eigenvalue weighted by molar-refractivity contribution is -0.139. The van der Waals surface area contributed by atoms with E-state index in [-0.39, 0.29) is 17.9 Å². The molecule has 2 amide bonds. The Morgan fingerprint density at radius 2 is 1.50 bits per heavy atom. The molecule has 2 aromatic carbocycles. The first kappa shape index (κ1) is 24.0. The molecule has 30 heavy (non-hydrogen) atoms.